The fraction of sp³-hybridized carbons (Fsp3) is 0.250. The summed E-state index contributed by atoms with van der Waals surface area (Å²) in [7, 11) is 0. The number of aromatic nitrogens is 3. The van der Waals surface area contributed by atoms with Gasteiger partial charge < -0.3 is 15.5 Å². The molecule has 10 nitrogen and oxygen atoms in total. The van der Waals surface area contributed by atoms with E-state index in [1.807, 2.05) is 19.9 Å². The number of nitrogens with one attached hydrogen (secondary N) is 2. The predicted octanol–water partition coefficient (Wildman–Crippen LogP) is 5.02. The highest BCUT2D eigenvalue weighted by atomic mass is 35.5. The lowest BCUT2D eigenvalue weighted by molar-refractivity contribution is 0.0958. The van der Waals surface area contributed by atoms with Gasteiger partial charge in [0.15, 0.2) is 5.82 Å². The second-order valence-corrected chi connectivity index (χ2v) is 8.95. The lowest BCUT2D eigenvalue weighted by Crippen LogP contribution is -2.27. The summed E-state index contributed by atoms with van der Waals surface area (Å²) in [6.07, 6.45) is -0.322. The lowest BCUT2D eigenvalue weighted by atomic mass is 10.1. The number of nitrogens with zero attached hydrogens (tertiary/aromatic N) is 5. The van der Waals surface area contributed by atoms with Gasteiger partial charge in [-0.05, 0) is 36.2 Å². The van der Waals surface area contributed by atoms with Crippen molar-refractivity contribution in [2.75, 3.05) is 18.5 Å². The van der Waals surface area contributed by atoms with Crippen molar-refractivity contribution in [3.8, 4) is 11.9 Å². The maximum Gasteiger partial charge on any atom is 0.282 e. The van der Waals surface area contributed by atoms with Crippen LogP contribution in [0.1, 0.15) is 52.4 Å². The number of carbonyl (C=O) groups excluding carboxylic acids is 2. The molecule has 2 aromatic heterocycles. The summed E-state index contributed by atoms with van der Waals surface area (Å²) < 4.78 is 27.7. The number of carbonyl (C=O) groups is 2. The van der Waals surface area contributed by atoms with Gasteiger partial charge in [-0.25, -0.2) is 18.4 Å². The van der Waals surface area contributed by atoms with Crippen LogP contribution in [0.2, 0.25) is 10.0 Å². The van der Waals surface area contributed by atoms with Crippen molar-refractivity contribution in [3.63, 3.8) is 0 Å². The fourth-order valence-corrected chi connectivity index (χ4v) is 3.48. The minimum atomic E-state index is -3.00. The molecule has 0 aliphatic carbocycles. The molecule has 1 aromatic carbocycles. The standard InChI is InChI=1S/C24H21Cl2F2N7O3/c1-13(2)12-38-32-7-6-31-23(36)16-9-15(25)8-14(11-29)20(16)33-24(37)19-10-18(21(27)28)34-35(19)22-17(26)4-3-5-30-22/h3-5,7-10,13,21H,6,12H2,1-2H3,(H,31,36)(H,33,37)/b32-7+. The molecule has 0 spiro atoms. The Hall–Kier alpha value is -4.08. The Morgan fingerprint density at radius 2 is 2.03 bits per heavy atom. The highest BCUT2D eigenvalue weighted by Crippen LogP contribution is 2.28. The van der Waals surface area contributed by atoms with E-state index in [1.165, 1.54) is 36.7 Å². The summed E-state index contributed by atoms with van der Waals surface area (Å²) >= 11 is 12.2. The smallest absolute Gasteiger partial charge is 0.282 e. The summed E-state index contributed by atoms with van der Waals surface area (Å²) in [5.74, 6) is -1.45. The Morgan fingerprint density at radius 1 is 1.26 bits per heavy atom. The molecule has 0 unspecified atom stereocenters. The molecule has 0 bridgehead atoms. The van der Waals surface area contributed by atoms with Crippen molar-refractivity contribution in [2.45, 2.75) is 20.3 Å². The van der Waals surface area contributed by atoms with Gasteiger partial charge in [-0.2, -0.15) is 10.4 Å². The van der Waals surface area contributed by atoms with Gasteiger partial charge in [0, 0.05) is 11.2 Å². The molecule has 2 heterocycles. The Bertz CT molecular complexity index is 1400. The van der Waals surface area contributed by atoms with Crippen LogP contribution in [0.25, 0.3) is 5.82 Å². The van der Waals surface area contributed by atoms with Gasteiger partial charge in [0.25, 0.3) is 18.2 Å². The van der Waals surface area contributed by atoms with Crippen molar-refractivity contribution in [1.29, 1.82) is 5.26 Å². The molecule has 2 N–H and O–H groups in total. The Labute approximate surface area is 226 Å². The maximum atomic E-state index is 13.4. The summed E-state index contributed by atoms with van der Waals surface area (Å²) in [6.45, 7) is 4.27. The summed E-state index contributed by atoms with van der Waals surface area (Å²) in [5.41, 5.74) is -1.53. The molecule has 198 valence electrons. The number of rotatable bonds is 10. The quantitative estimate of drug-likeness (QED) is 0.262. The van der Waals surface area contributed by atoms with E-state index in [-0.39, 0.29) is 50.8 Å². The van der Waals surface area contributed by atoms with Crippen LogP contribution in [0.15, 0.2) is 41.7 Å². The van der Waals surface area contributed by atoms with E-state index in [4.69, 9.17) is 28.0 Å². The number of oxime groups is 1. The predicted molar refractivity (Wildman–Crippen MR) is 137 cm³/mol. The van der Waals surface area contributed by atoms with Crippen molar-refractivity contribution in [3.05, 3.63) is 69.1 Å². The SMILES string of the molecule is CC(C)CO/N=C/CNC(=O)c1cc(Cl)cc(C#N)c1NC(=O)c1cc(C(F)F)nn1-c1ncccc1Cl. The van der Waals surface area contributed by atoms with E-state index >= 15 is 0 Å². The van der Waals surface area contributed by atoms with Gasteiger partial charge in [0.2, 0.25) is 0 Å². The maximum absolute atomic E-state index is 13.4. The van der Waals surface area contributed by atoms with Crippen molar-refractivity contribution in [2.24, 2.45) is 11.1 Å². The third-order valence-electron chi connectivity index (χ3n) is 4.74. The molecule has 0 atom stereocenters. The zero-order valence-electron chi connectivity index (χ0n) is 20.1. The number of anilines is 1. The third kappa shape index (κ3) is 7.02. The minimum absolute atomic E-state index is 0.0264. The minimum Gasteiger partial charge on any atom is -0.396 e. The molecular weight excluding hydrogens is 543 g/mol. The van der Waals surface area contributed by atoms with E-state index in [9.17, 15) is 23.6 Å². The molecule has 38 heavy (non-hydrogen) atoms. The van der Waals surface area contributed by atoms with Crippen LogP contribution in [0.3, 0.4) is 0 Å². The monoisotopic (exact) mass is 563 g/mol. The molecule has 0 fully saturated rings. The van der Waals surface area contributed by atoms with E-state index in [2.05, 4.69) is 25.9 Å². The first-order valence-electron chi connectivity index (χ1n) is 11.1. The van der Waals surface area contributed by atoms with Crippen molar-refractivity contribution >= 4 is 46.9 Å². The van der Waals surface area contributed by atoms with Crippen LogP contribution in [-0.4, -0.2) is 45.9 Å². The van der Waals surface area contributed by atoms with Crippen LogP contribution >= 0.6 is 23.2 Å². The van der Waals surface area contributed by atoms with Crippen LogP contribution in [-0.2, 0) is 4.84 Å². The van der Waals surface area contributed by atoms with Crippen LogP contribution in [0.4, 0.5) is 14.5 Å². The van der Waals surface area contributed by atoms with Crippen molar-refractivity contribution in [1.82, 2.24) is 20.1 Å². The first-order valence-corrected chi connectivity index (χ1v) is 11.8. The first kappa shape index (κ1) is 28.5. The number of hydrogen-bond acceptors (Lipinski definition) is 7. The normalized spacial score (nSPS) is 11.1. The number of pyridine rings is 1. The van der Waals surface area contributed by atoms with Crippen LogP contribution in [0.5, 0.6) is 0 Å². The lowest BCUT2D eigenvalue weighted by Gasteiger charge is -2.14. The Balaban J connectivity index is 1.93. The number of nitriles is 1. The zero-order chi connectivity index (χ0) is 27.8. The van der Waals surface area contributed by atoms with Gasteiger partial charge in [-0.15, -0.1) is 0 Å². The summed E-state index contributed by atoms with van der Waals surface area (Å²) in [6, 6.07) is 8.17. The van der Waals surface area contributed by atoms with Gasteiger partial charge in [-0.3, -0.25) is 9.59 Å². The number of amides is 2. The molecule has 3 rings (SSSR count). The molecular formula is C24H21Cl2F2N7O3. The number of halogens is 4. The van der Waals surface area contributed by atoms with Crippen LogP contribution in [0, 0.1) is 17.2 Å². The van der Waals surface area contributed by atoms with E-state index in [0.717, 1.165) is 10.7 Å². The van der Waals surface area contributed by atoms with Gasteiger partial charge in [0.05, 0.1) is 34.6 Å². The molecule has 2 amide bonds. The Morgan fingerprint density at radius 3 is 2.68 bits per heavy atom. The largest absolute Gasteiger partial charge is 0.396 e. The van der Waals surface area contributed by atoms with Gasteiger partial charge in [0.1, 0.15) is 24.1 Å². The number of alkyl halides is 2. The topological polar surface area (TPSA) is 134 Å². The summed E-state index contributed by atoms with van der Waals surface area (Å²) in [4.78, 5) is 35.2. The highest BCUT2D eigenvalue weighted by molar-refractivity contribution is 6.32. The average Bonchev–Trinajstić information content (AvgIpc) is 3.32. The first-order chi connectivity index (χ1) is 18.1. The third-order valence-corrected chi connectivity index (χ3v) is 5.25. The molecule has 0 radical (unpaired) electrons. The van der Waals surface area contributed by atoms with Crippen molar-refractivity contribution < 1.29 is 23.2 Å². The average molecular weight is 564 g/mol. The van der Waals surface area contributed by atoms with E-state index < -0.39 is 23.9 Å². The summed E-state index contributed by atoms with van der Waals surface area (Å²) in [5, 5.41) is 22.2. The fourth-order valence-electron chi connectivity index (χ4n) is 3.06. The molecule has 14 heteroatoms. The van der Waals surface area contributed by atoms with Gasteiger partial charge >= 0.3 is 0 Å². The van der Waals surface area contributed by atoms with Crippen LogP contribution < -0.4 is 10.6 Å². The number of hydrogen-bond donors (Lipinski definition) is 2. The van der Waals surface area contributed by atoms with E-state index in [1.54, 1.807) is 0 Å². The number of benzene rings is 1. The molecule has 0 saturated carbocycles. The van der Waals surface area contributed by atoms with E-state index in [0.29, 0.717) is 6.61 Å². The highest BCUT2D eigenvalue weighted by Gasteiger charge is 2.25. The molecule has 3 aromatic rings. The molecule has 0 saturated heterocycles. The van der Waals surface area contributed by atoms with Gasteiger partial charge in [-0.1, -0.05) is 42.2 Å². The Kier molecular flexibility index (Phi) is 9.70. The second kappa shape index (κ2) is 12.9. The molecule has 0 aliphatic heterocycles. The zero-order valence-corrected chi connectivity index (χ0v) is 21.6. The molecule has 0 aliphatic rings. The second-order valence-electron chi connectivity index (χ2n) is 8.11.